The van der Waals surface area contributed by atoms with Gasteiger partial charge in [-0.2, -0.15) is 0 Å². The van der Waals surface area contributed by atoms with Crippen LogP contribution in [0.1, 0.15) is 62.3 Å². The molecule has 1 aliphatic heterocycles. The number of ether oxygens (including phenoxy) is 1. The number of hydrogen-bond donors (Lipinski definition) is 1. The molecule has 1 aromatic rings. The summed E-state index contributed by atoms with van der Waals surface area (Å²) in [6.07, 6.45) is 4.26. The number of aliphatic hydroxyl groups excluding tert-OH is 1. The van der Waals surface area contributed by atoms with Gasteiger partial charge in [0.05, 0.1) is 6.04 Å². The minimum Gasteiger partial charge on any atom is -0.491 e. The van der Waals surface area contributed by atoms with E-state index < -0.39 is 6.10 Å². The van der Waals surface area contributed by atoms with Crippen molar-refractivity contribution in [1.29, 1.82) is 0 Å². The van der Waals surface area contributed by atoms with Gasteiger partial charge in [-0.15, -0.1) is 0 Å². The van der Waals surface area contributed by atoms with Crippen molar-refractivity contribution in [2.45, 2.75) is 65.5 Å². The first-order chi connectivity index (χ1) is 10.6. The SMILES string of the molecule is CCCCN(CCCC)C1COc2c(ccc(C)c2C)C1O. The van der Waals surface area contributed by atoms with Crippen LogP contribution in [0.15, 0.2) is 12.1 Å². The zero-order chi connectivity index (χ0) is 16.1. The standard InChI is InChI=1S/C19H31NO2/c1-5-7-11-20(12-8-6-2)17-13-22-19-15(4)14(3)9-10-16(19)18(17)21/h9-10,17-18,21H,5-8,11-13H2,1-4H3. The third-order valence-electron chi connectivity index (χ3n) is 4.86. The summed E-state index contributed by atoms with van der Waals surface area (Å²) in [6.45, 7) is 11.3. The van der Waals surface area contributed by atoms with E-state index in [1.165, 1.54) is 31.2 Å². The molecule has 1 N–H and O–H groups in total. The summed E-state index contributed by atoms with van der Waals surface area (Å²) < 4.78 is 6.06. The molecule has 0 amide bonds. The lowest BCUT2D eigenvalue weighted by molar-refractivity contribution is 0.00182. The lowest BCUT2D eigenvalue weighted by Gasteiger charge is -2.39. The molecule has 1 heterocycles. The van der Waals surface area contributed by atoms with Crippen LogP contribution in [0.25, 0.3) is 0 Å². The number of rotatable bonds is 7. The fraction of sp³-hybridized carbons (Fsp3) is 0.684. The molecule has 0 aliphatic carbocycles. The molecule has 22 heavy (non-hydrogen) atoms. The van der Waals surface area contributed by atoms with Crippen LogP contribution < -0.4 is 4.74 Å². The van der Waals surface area contributed by atoms with E-state index in [-0.39, 0.29) is 6.04 Å². The van der Waals surface area contributed by atoms with Crippen LogP contribution in [0, 0.1) is 13.8 Å². The summed E-state index contributed by atoms with van der Waals surface area (Å²) in [7, 11) is 0. The second kappa shape index (κ2) is 7.98. The molecule has 1 aliphatic rings. The van der Waals surface area contributed by atoms with Crippen LogP contribution in [0.4, 0.5) is 0 Å². The summed E-state index contributed by atoms with van der Waals surface area (Å²) in [4.78, 5) is 2.43. The van der Waals surface area contributed by atoms with Gasteiger partial charge in [-0.25, -0.2) is 0 Å². The molecule has 124 valence electrons. The molecule has 2 atom stereocenters. The van der Waals surface area contributed by atoms with Crippen molar-refractivity contribution in [2.24, 2.45) is 0 Å². The second-order valence-corrected chi connectivity index (χ2v) is 6.49. The topological polar surface area (TPSA) is 32.7 Å². The molecule has 0 spiro atoms. The van der Waals surface area contributed by atoms with E-state index >= 15 is 0 Å². The average molecular weight is 305 g/mol. The predicted octanol–water partition coefficient (Wildman–Crippen LogP) is 4.00. The Hall–Kier alpha value is -1.06. The number of hydrogen-bond acceptors (Lipinski definition) is 3. The molecule has 2 rings (SSSR count). The van der Waals surface area contributed by atoms with E-state index in [1.807, 2.05) is 6.07 Å². The van der Waals surface area contributed by atoms with Crippen LogP contribution in [-0.2, 0) is 0 Å². The lowest BCUT2D eigenvalue weighted by atomic mass is 9.93. The van der Waals surface area contributed by atoms with E-state index in [4.69, 9.17) is 4.74 Å². The van der Waals surface area contributed by atoms with E-state index in [2.05, 4.69) is 38.7 Å². The molecule has 1 aromatic carbocycles. The van der Waals surface area contributed by atoms with Crippen LogP contribution >= 0.6 is 0 Å². The third kappa shape index (κ3) is 3.64. The largest absolute Gasteiger partial charge is 0.491 e. The molecule has 0 saturated heterocycles. The first-order valence-corrected chi connectivity index (χ1v) is 8.75. The van der Waals surface area contributed by atoms with Crippen LogP contribution in [-0.4, -0.2) is 35.7 Å². The highest BCUT2D eigenvalue weighted by Gasteiger charge is 2.34. The Morgan fingerprint density at radius 3 is 2.36 bits per heavy atom. The van der Waals surface area contributed by atoms with Gasteiger partial charge in [0, 0.05) is 5.56 Å². The normalized spacial score (nSPS) is 20.8. The van der Waals surface area contributed by atoms with Crippen molar-refractivity contribution in [1.82, 2.24) is 4.90 Å². The Balaban J connectivity index is 2.19. The predicted molar refractivity (Wildman–Crippen MR) is 91.5 cm³/mol. The van der Waals surface area contributed by atoms with Crippen molar-refractivity contribution in [3.63, 3.8) is 0 Å². The van der Waals surface area contributed by atoms with Gasteiger partial charge in [0.1, 0.15) is 18.5 Å². The molecule has 0 saturated carbocycles. The van der Waals surface area contributed by atoms with Gasteiger partial charge < -0.3 is 9.84 Å². The Morgan fingerprint density at radius 2 is 1.77 bits per heavy atom. The molecule has 3 nitrogen and oxygen atoms in total. The van der Waals surface area contributed by atoms with Crippen molar-refractivity contribution < 1.29 is 9.84 Å². The number of fused-ring (bicyclic) bond motifs is 1. The Morgan fingerprint density at radius 1 is 1.14 bits per heavy atom. The molecular weight excluding hydrogens is 274 g/mol. The summed E-state index contributed by atoms with van der Waals surface area (Å²) in [5, 5.41) is 10.9. The summed E-state index contributed by atoms with van der Waals surface area (Å²) in [6, 6.07) is 4.20. The maximum atomic E-state index is 10.9. The Kier molecular flexibility index (Phi) is 6.27. The van der Waals surface area contributed by atoms with Gasteiger partial charge in [0.2, 0.25) is 0 Å². The van der Waals surface area contributed by atoms with Crippen LogP contribution in [0.5, 0.6) is 5.75 Å². The van der Waals surface area contributed by atoms with E-state index in [0.717, 1.165) is 30.0 Å². The van der Waals surface area contributed by atoms with Gasteiger partial charge in [-0.3, -0.25) is 4.90 Å². The Bertz CT molecular complexity index is 479. The fourth-order valence-electron chi connectivity index (χ4n) is 3.17. The number of nitrogens with zero attached hydrogens (tertiary/aromatic N) is 1. The molecule has 2 unspecified atom stereocenters. The molecule has 0 aromatic heterocycles. The minimum atomic E-state index is -0.447. The van der Waals surface area contributed by atoms with Gasteiger partial charge in [-0.05, 0) is 50.9 Å². The quantitative estimate of drug-likeness (QED) is 0.826. The van der Waals surface area contributed by atoms with Crippen LogP contribution in [0.3, 0.4) is 0 Å². The summed E-state index contributed by atoms with van der Waals surface area (Å²) in [5.41, 5.74) is 3.33. The van der Waals surface area contributed by atoms with Gasteiger partial charge in [0.25, 0.3) is 0 Å². The minimum absolute atomic E-state index is 0.0766. The molecule has 0 radical (unpaired) electrons. The van der Waals surface area contributed by atoms with Gasteiger partial charge >= 0.3 is 0 Å². The van der Waals surface area contributed by atoms with Gasteiger partial charge in [-0.1, -0.05) is 38.8 Å². The first kappa shape index (κ1) is 17.3. The Labute approximate surface area is 135 Å². The van der Waals surface area contributed by atoms with Gasteiger partial charge in [0.15, 0.2) is 0 Å². The van der Waals surface area contributed by atoms with Crippen molar-refractivity contribution in [3.05, 3.63) is 28.8 Å². The van der Waals surface area contributed by atoms with Crippen LogP contribution in [0.2, 0.25) is 0 Å². The lowest BCUT2D eigenvalue weighted by Crippen LogP contribution is -2.47. The highest BCUT2D eigenvalue weighted by atomic mass is 16.5. The average Bonchev–Trinajstić information content (AvgIpc) is 2.52. The zero-order valence-corrected chi connectivity index (χ0v) is 14.6. The maximum Gasteiger partial charge on any atom is 0.128 e. The third-order valence-corrected chi connectivity index (χ3v) is 4.86. The second-order valence-electron chi connectivity index (χ2n) is 6.49. The first-order valence-electron chi connectivity index (χ1n) is 8.75. The van der Waals surface area contributed by atoms with Crippen molar-refractivity contribution in [2.75, 3.05) is 19.7 Å². The molecule has 3 heteroatoms. The van der Waals surface area contributed by atoms with Crippen molar-refractivity contribution in [3.8, 4) is 5.75 Å². The smallest absolute Gasteiger partial charge is 0.128 e. The number of aliphatic hydroxyl groups is 1. The molecular formula is C19H31NO2. The van der Waals surface area contributed by atoms with E-state index in [1.54, 1.807) is 0 Å². The number of benzene rings is 1. The highest BCUT2D eigenvalue weighted by molar-refractivity contribution is 5.48. The molecule has 0 fully saturated rings. The fourth-order valence-corrected chi connectivity index (χ4v) is 3.17. The highest BCUT2D eigenvalue weighted by Crippen LogP contribution is 2.38. The van der Waals surface area contributed by atoms with E-state index in [0.29, 0.717) is 6.61 Å². The van der Waals surface area contributed by atoms with E-state index in [9.17, 15) is 5.11 Å². The summed E-state index contributed by atoms with van der Waals surface area (Å²) in [5.74, 6) is 0.898. The zero-order valence-electron chi connectivity index (χ0n) is 14.6. The number of unbranched alkanes of at least 4 members (excludes halogenated alkanes) is 2. The van der Waals surface area contributed by atoms with Crippen molar-refractivity contribution >= 4 is 0 Å². The monoisotopic (exact) mass is 305 g/mol. The molecule has 0 bridgehead atoms. The maximum absolute atomic E-state index is 10.9. The number of aryl methyl sites for hydroxylation is 1. The summed E-state index contributed by atoms with van der Waals surface area (Å²) >= 11 is 0.